The Morgan fingerprint density at radius 2 is 1.77 bits per heavy atom. The van der Waals surface area contributed by atoms with Crippen LogP contribution in [0.25, 0.3) is 0 Å². The highest BCUT2D eigenvalue weighted by Gasteiger charge is 2.18. The molecule has 30 heavy (non-hydrogen) atoms. The van der Waals surface area contributed by atoms with Gasteiger partial charge in [0.25, 0.3) is 5.91 Å². The van der Waals surface area contributed by atoms with Gasteiger partial charge in [-0.1, -0.05) is 12.1 Å². The second kappa shape index (κ2) is 10.1. The van der Waals surface area contributed by atoms with E-state index in [2.05, 4.69) is 15.6 Å². The molecule has 0 unspecified atom stereocenters. The van der Waals surface area contributed by atoms with Crippen LogP contribution in [0.1, 0.15) is 16.1 Å². The number of hydrogen-bond donors (Lipinski definition) is 2. The monoisotopic (exact) mass is 443 g/mol. The average Bonchev–Trinajstić information content (AvgIpc) is 3.16. The van der Waals surface area contributed by atoms with Crippen LogP contribution in [0, 0.1) is 6.92 Å². The van der Waals surface area contributed by atoms with E-state index < -0.39 is 0 Å². The van der Waals surface area contributed by atoms with Gasteiger partial charge in [0, 0.05) is 16.0 Å². The predicted molar refractivity (Wildman–Crippen MR) is 120 cm³/mol. The van der Waals surface area contributed by atoms with Gasteiger partial charge >= 0.3 is 0 Å². The van der Waals surface area contributed by atoms with Crippen molar-refractivity contribution in [3.8, 4) is 11.5 Å². The van der Waals surface area contributed by atoms with Crippen molar-refractivity contribution in [2.24, 2.45) is 0 Å². The summed E-state index contributed by atoms with van der Waals surface area (Å²) in [6.45, 7) is 1.88. The number of benzene rings is 2. The number of thioether (sulfide) groups is 1. The Balaban J connectivity index is 1.64. The highest BCUT2D eigenvalue weighted by Crippen LogP contribution is 2.30. The Kier molecular flexibility index (Phi) is 7.31. The van der Waals surface area contributed by atoms with Crippen LogP contribution >= 0.6 is 23.1 Å². The molecular formula is C21H21N3O4S2. The minimum absolute atomic E-state index is 0.137. The number of thiazole rings is 1. The molecule has 1 heterocycles. The molecule has 0 spiro atoms. The second-order valence-corrected chi connectivity index (χ2v) is 8.06. The summed E-state index contributed by atoms with van der Waals surface area (Å²) in [4.78, 5) is 30.0. The number of rotatable bonds is 8. The first kappa shape index (κ1) is 21.7. The summed E-state index contributed by atoms with van der Waals surface area (Å²) in [5, 5.41) is 8.10. The van der Waals surface area contributed by atoms with Crippen molar-refractivity contribution in [2.75, 3.05) is 30.6 Å². The van der Waals surface area contributed by atoms with Crippen LogP contribution in [-0.4, -0.2) is 36.8 Å². The Morgan fingerprint density at radius 1 is 1.07 bits per heavy atom. The Bertz CT molecular complexity index is 1030. The van der Waals surface area contributed by atoms with Crippen LogP contribution in [0.15, 0.2) is 52.7 Å². The minimum Gasteiger partial charge on any atom is -0.496 e. The van der Waals surface area contributed by atoms with Crippen LogP contribution in [0.2, 0.25) is 0 Å². The molecule has 0 aliphatic carbocycles. The molecule has 2 amide bonds. The molecule has 0 bridgehead atoms. The van der Waals surface area contributed by atoms with Crippen LogP contribution in [0.4, 0.5) is 10.8 Å². The van der Waals surface area contributed by atoms with Gasteiger partial charge in [-0.3, -0.25) is 9.59 Å². The first-order valence-electron chi connectivity index (χ1n) is 8.97. The number of aryl methyl sites for hydroxylation is 1. The molecule has 1 aromatic heterocycles. The number of carbonyl (C=O) groups is 2. The summed E-state index contributed by atoms with van der Waals surface area (Å²) in [5.41, 5.74) is 1.80. The van der Waals surface area contributed by atoms with Gasteiger partial charge in [-0.25, -0.2) is 4.98 Å². The molecule has 0 aliphatic heterocycles. The van der Waals surface area contributed by atoms with E-state index >= 15 is 0 Å². The zero-order valence-electron chi connectivity index (χ0n) is 16.7. The number of nitrogens with one attached hydrogen (secondary N) is 2. The molecule has 2 N–H and O–H groups in total. The number of anilines is 2. The predicted octanol–water partition coefficient (Wildman–Crippen LogP) is 4.45. The number of ether oxygens (including phenoxy) is 2. The highest BCUT2D eigenvalue weighted by molar-refractivity contribution is 8.00. The Hall–Kier alpha value is -3.04. The van der Waals surface area contributed by atoms with Crippen LogP contribution in [0.5, 0.6) is 11.5 Å². The summed E-state index contributed by atoms with van der Waals surface area (Å²) in [7, 11) is 3.00. The molecule has 7 nitrogen and oxygen atoms in total. The fraction of sp³-hybridized carbons (Fsp3) is 0.190. The summed E-state index contributed by atoms with van der Waals surface area (Å²) < 4.78 is 10.6. The van der Waals surface area contributed by atoms with Gasteiger partial charge in [0.1, 0.15) is 17.1 Å². The number of aromatic nitrogens is 1. The van der Waals surface area contributed by atoms with Crippen molar-refractivity contribution in [1.82, 2.24) is 4.98 Å². The van der Waals surface area contributed by atoms with Gasteiger partial charge in [0.2, 0.25) is 5.91 Å². The van der Waals surface area contributed by atoms with Crippen molar-refractivity contribution in [3.63, 3.8) is 0 Å². The third-order valence-electron chi connectivity index (χ3n) is 3.98. The lowest BCUT2D eigenvalue weighted by Crippen LogP contribution is -2.15. The molecule has 3 aromatic rings. The van der Waals surface area contributed by atoms with E-state index in [0.29, 0.717) is 27.9 Å². The molecule has 0 saturated carbocycles. The van der Waals surface area contributed by atoms with Crippen molar-refractivity contribution in [2.45, 2.75) is 11.8 Å². The Labute approximate surface area is 182 Å². The number of carbonyl (C=O) groups excluding carboxylic acids is 2. The third-order valence-corrected chi connectivity index (χ3v) is 5.85. The van der Waals surface area contributed by atoms with E-state index in [4.69, 9.17) is 9.47 Å². The molecular weight excluding hydrogens is 422 g/mol. The standard InChI is InChI=1S/C21H21N3O4S2/c1-13-11-30-21(22-13)24-18(25)12-29-15-7-4-6-14(10-15)23-20(26)19-16(27-2)8-5-9-17(19)28-3/h4-11H,12H2,1-3H3,(H,23,26)(H,22,24,25). The molecule has 0 saturated heterocycles. The highest BCUT2D eigenvalue weighted by atomic mass is 32.2. The van der Waals surface area contributed by atoms with E-state index in [-0.39, 0.29) is 17.6 Å². The summed E-state index contributed by atoms with van der Waals surface area (Å²) >= 11 is 2.76. The zero-order valence-corrected chi connectivity index (χ0v) is 18.4. The third kappa shape index (κ3) is 5.52. The fourth-order valence-electron chi connectivity index (χ4n) is 2.65. The van der Waals surface area contributed by atoms with Gasteiger partial charge in [0.05, 0.1) is 25.7 Å². The van der Waals surface area contributed by atoms with Gasteiger partial charge < -0.3 is 20.1 Å². The normalized spacial score (nSPS) is 10.4. The van der Waals surface area contributed by atoms with E-state index in [9.17, 15) is 9.59 Å². The van der Waals surface area contributed by atoms with Crippen molar-refractivity contribution in [1.29, 1.82) is 0 Å². The van der Waals surface area contributed by atoms with Crippen molar-refractivity contribution in [3.05, 3.63) is 59.1 Å². The van der Waals surface area contributed by atoms with Crippen LogP contribution < -0.4 is 20.1 Å². The number of hydrogen-bond acceptors (Lipinski definition) is 7. The number of amides is 2. The number of methoxy groups -OCH3 is 2. The molecule has 0 aliphatic rings. The van der Waals surface area contributed by atoms with Crippen LogP contribution in [0.3, 0.4) is 0 Å². The largest absolute Gasteiger partial charge is 0.496 e. The second-order valence-electron chi connectivity index (χ2n) is 6.15. The molecule has 0 radical (unpaired) electrons. The minimum atomic E-state index is -0.344. The van der Waals surface area contributed by atoms with Crippen molar-refractivity contribution >= 4 is 45.7 Å². The first-order valence-corrected chi connectivity index (χ1v) is 10.8. The SMILES string of the molecule is COc1cccc(OC)c1C(=O)Nc1cccc(SCC(=O)Nc2nc(C)cs2)c1. The molecule has 0 atom stereocenters. The molecule has 3 rings (SSSR count). The van der Waals surface area contributed by atoms with Gasteiger partial charge in [-0.05, 0) is 37.3 Å². The topological polar surface area (TPSA) is 89.5 Å². The zero-order chi connectivity index (χ0) is 21.5. The Morgan fingerprint density at radius 3 is 2.40 bits per heavy atom. The fourth-order valence-corrected chi connectivity index (χ4v) is 4.11. The summed E-state index contributed by atoms with van der Waals surface area (Å²) in [5.74, 6) is 0.597. The van der Waals surface area contributed by atoms with E-state index in [1.807, 2.05) is 30.5 Å². The van der Waals surface area contributed by atoms with E-state index in [0.717, 1.165) is 10.6 Å². The average molecular weight is 444 g/mol. The lowest BCUT2D eigenvalue weighted by molar-refractivity contribution is -0.113. The van der Waals surface area contributed by atoms with Crippen molar-refractivity contribution < 1.29 is 19.1 Å². The molecule has 0 fully saturated rings. The maximum absolute atomic E-state index is 12.8. The smallest absolute Gasteiger partial charge is 0.263 e. The molecule has 2 aromatic carbocycles. The van der Waals surface area contributed by atoms with Gasteiger partial charge in [0.15, 0.2) is 5.13 Å². The lowest BCUT2D eigenvalue weighted by Gasteiger charge is -2.13. The number of nitrogens with zero attached hydrogens (tertiary/aromatic N) is 1. The summed E-state index contributed by atoms with van der Waals surface area (Å²) in [6, 6.07) is 12.4. The van der Waals surface area contributed by atoms with E-state index in [1.54, 1.807) is 24.3 Å². The van der Waals surface area contributed by atoms with Gasteiger partial charge in [-0.15, -0.1) is 23.1 Å². The maximum Gasteiger partial charge on any atom is 0.263 e. The lowest BCUT2D eigenvalue weighted by atomic mass is 10.1. The molecule has 156 valence electrons. The van der Waals surface area contributed by atoms with Gasteiger partial charge in [-0.2, -0.15) is 0 Å². The van der Waals surface area contributed by atoms with E-state index in [1.165, 1.54) is 37.3 Å². The van der Waals surface area contributed by atoms with Crippen LogP contribution in [-0.2, 0) is 4.79 Å². The molecule has 9 heteroatoms. The quantitative estimate of drug-likeness (QED) is 0.500. The first-order chi connectivity index (χ1) is 14.5. The summed E-state index contributed by atoms with van der Waals surface area (Å²) in [6.07, 6.45) is 0. The maximum atomic E-state index is 12.8.